The molecule has 154 valence electrons. The van der Waals surface area contributed by atoms with Gasteiger partial charge < -0.3 is 14.4 Å². The zero-order valence-corrected chi connectivity index (χ0v) is 17.3. The van der Waals surface area contributed by atoms with Crippen molar-refractivity contribution in [1.82, 2.24) is 9.80 Å². The molecule has 0 saturated carbocycles. The highest BCUT2D eigenvalue weighted by atomic mass is 16.5. The molecule has 5 heteroatoms. The van der Waals surface area contributed by atoms with Gasteiger partial charge in [0.2, 0.25) is 5.91 Å². The molecule has 2 aliphatic rings. The van der Waals surface area contributed by atoms with E-state index in [-0.39, 0.29) is 6.04 Å². The standard InChI is InChI=1S/C24H30N2O3/c1-28-22-13-10-18(15-23(22)29-2)9-6-14-25-17-20-11-12-21(24(25)27)26(20)16-19-7-4-3-5-8-19/h3-5,7-8,10,13,15,20-21H,6,9,11-12,14,16-17H2,1-2H3/t20-,21+/m1/s1. The molecular weight excluding hydrogens is 364 g/mol. The number of piperazine rings is 1. The summed E-state index contributed by atoms with van der Waals surface area (Å²) in [6.07, 6.45) is 3.99. The maximum absolute atomic E-state index is 13.1. The molecule has 2 aromatic rings. The van der Waals surface area contributed by atoms with Gasteiger partial charge in [-0.05, 0) is 48.9 Å². The number of methoxy groups -OCH3 is 2. The van der Waals surface area contributed by atoms with Crippen molar-refractivity contribution in [1.29, 1.82) is 0 Å². The summed E-state index contributed by atoms with van der Waals surface area (Å²) in [6, 6.07) is 17.1. The second kappa shape index (κ2) is 8.87. The van der Waals surface area contributed by atoms with Gasteiger partial charge in [0.25, 0.3) is 0 Å². The van der Waals surface area contributed by atoms with E-state index in [0.717, 1.165) is 56.8 Å². The number of amides is 1. The molecule has 0 spiro atoms. The van der Waals surface area contributed by atoms with Crippen LogP contribution in [0.3, 0.4) is 0 Å². The first-order valence-corrected chi connectivity index (χ1v) is 10.5. The Morgan fingerprint density at radius 2 is 1.76 bits per heavy atom. The second-order valence-electron chi connectivity index (χ2n) is 7.98. The van der Waals surface area contributed by atoms with Gasteiger partial charge in [0, 0.05) is 25.7 Å². The average molecular weight is 395 g/mol. The van der Waals surface area contributed by atoms with Gasteiger partial charge in [-0.2, -0.15) is 0 Å². The second-order valence-corrected chi connectivity index (χ2v) is 7.98. The normalized spacial score (nSPS) is 21.4. The molecule has 2 heterocycles. The van der Waals surface area contributed by atoms with Crippen LogP contribution in [0.5, 0.6) is 11.5 Å². The van der Waals surface area contributed by atoms with Crippen molar-refractivity contribution in [3.8, 4) is 11.5 Å². The van der Waals surface area contributed by atoms with Crippen LogP contribution in [-0.2, 0) is 17.8 Å². The summed E-state index contributed by atoms with van der Waals surface area (Å²) in [6.45, 7) is 2.55. The number of rotatable bonds is 8. The molecule has 2 bridgehead atoms. The molecule has 0 N–H and O–H groups in total. The third-order valence-corrected chi connectivity index (χ3v) is 6.22. The van der Waals surface area contributed by atoms with Crippen molar-refractivity contribution in [2.24, 2.45) is 0 Å². The van der Waals surface area contributed by atoms with Gasteiger partial charge in [-0.1, -0.05) is 36.4 Å². The molecule has 0 aromatic heterocycles. The van der Waals surface area contributed by atoms with Crippen molar-refractivity contribution in [2.45, 2.75) is 44.3 Å². The Labute approximate surface area is 173 Å². The van der Waals surface area contributed by atoms with E-state index in [2.05, 4.69) is 40.1 Å². The van der Waals surface area contributed by atoms with Gasteiger partial charge in [-0.25, -0.2) is 0 Å². The quantitative estimate of drug-likeness (QED) is 0.687. The number of hydrogen-bond acceptors (Lipinski definition) is 4. The van der Waals surface area contributed by atoms with E-state index in [9.17, 15) is 4.79 Å². The molecule has 2 aliphatic heterocycles. The highest BCUT2D eigenvalue weighted by molar-refractivity contribution is 5.83. The highest BCUT2D eigenvalue weighted by Gasteiger charge is 2.44. The monoisotopic (exact) mass is 394 g/mol. The molecule has 2 fully saturated rings. The third-order valence-electron chi connectivity index (χ3n) is 6.22. The molecule has 29 heavy (non-hydrogen) atoms. The number of carbonyl (C=O) groups is 1. The molecule has 5 nitrogen and oxygen atoms in total. The van der Waals surface area contributed by atoms with E-state index in [1.807, 2.05) is 18.2 Å². The minimum Gasteiger partial charge on any atom is -0.493 e. The van der Waals surface area contributed by atoms with E-state index < -0.39 is 0 Å². The summed E-state index contributed by atoms with van der Waals surface area (Å²) in [4.78, 5) is 17.6. The third kappa shape index (κ3) is 4.25. The Balaban J connectivity index is 1.33. The molecule has 2 atom stereocenters. The molecule has 0 unspecified atom stereocenters. The number of ether oxygens (including phenoxy) is 2. The number of benzene rings is 2. The Hall–Kier alpha value is -2.53. The SMILES string of the molecule is COc1ccc(CCCN2C[C@H]3CC[C@@H](C2=O)N3Cc2ccccc2)cc1OC. The first-order valence-electron chi connectivity index (χ1n) is 10.5. The van der Waals surface area contributed by atoms with Crippen LogP contribution in [0, 0.1) is 0 Å². The van der Waals surface area contributed by atoms with Crippen LogP contribution in [0.4, 0.5) is 0 Å². The summed E-state index contributed by atoms with van der Waals surface area (Å²) < 4.78 is 10.7. The van der Waals surface area contributed by atoms with Crippen LogP contribution in [0.25, 0.3) is 0 Å². The van der Waals surface area contributed by atoms with Crippen LogP contribution in [0.2, 0.25) is 0 Å². The van der Waals surface area contributed by atoms with Gasteiger partial charge in [0.15, 0.2) is 11.5 Å². The first kappa shape index (κ1) is 19.8. The number of fused-ring (bicyclic) bond motifs is 2. The van der Waals surface area contributed by atoms with E-state index in [1.165, 1.54) is 11.1 Å². The van der Waals surface area contributed by atoms with Crippen LogP contribution in [-0.4, -0.2) is 55.1 Å². The van der Waals surface area contributed by atoms with Gasteiger partial charge in [-0.3, -0.25) is 9.69 Å². The fourth-order valence-electron chi connectivity index (χ4n) is 4.70. The van der Waals surface area contributed by atoms with Gasteiger partial charge in [-0.15, -0.1) is 0 Å². The van der Waals surface area contributed by atoms with E-state index in [0.29, 0.717) is 11.9 Å². The van der Waals surface area contributed by atoms with Crippen LogP contribution in [0.15, 0.2) is 48.5 Å². The summed E-state index contributed by atoms with van der Waals surface area (Å²) in [5, 5.41) is 0. The summed E-state index contributed by atoms with van der Waals surface area (Å²) >= 11 is 0. The van der Waals surface area contributed by atoms with Gasteiger partial charge >= 0.3 is 0 Å². The van der Waals surface area contributed by atoms with E-state index >= 15 is 0 Å². The molecule has 2 aromatic carbocycles. The summed E-state index contributed by atoms with van der Waals surface area (Å²) in [5.74, 6) is 1.81. The number of likely N-dealkylation sites (tertiary alicyclic amines) is 1. The molecule has 0 radical (unpaired) electrons. The maximum atomic E-state index is 13.1. The fourth-order valence-corrected chi connectivity index (χ4v) is 4.70. The summed E-state index contributed by atoms with van der Waals surface area (Å²) in [7, 11) is 3.31. The lowest BCUT2D eigenvalue weighted by Gasteiger charge is -2.40. The van der Waals surface area contributed by atoms with Crippen LogP contribution in [0.1, 0.15) is 30.4 Å². The van der Waals surface area contributed by atoms with Crippen LogP contribution < -0.4 is 9.47 Å². The molecular formula is C24H30N2O3. The Morgan fingerprint density at radius 1 is 0.966 bits per heavy atom. The lowest BCUT2D eigenvalue weighted by molar-refractivity contribution is -0.141. The Bertz CT molecular complexity index is 839. The van der Waals surface area contributed by atoms with Crippen molar-refractivity contribution in [3.63, 3.8) is 0 Å². The van der Waals surface area contributed by atoms with Crippen molar-refractivity contribution >= 4 is 5.91 Å². The van der Waals surface area contributed by atoms with Gasteiger partial charge in [0.05, 0.1) is 20.3 Å². The molecule has 2 saturated heterocycles. The molecule has 0 aliphatic carbocycles. The number of hydrogen-bond donors (Lipinski definition) is 0. The zero-order valence-electron chi connectivity index (χ0n) is 17.3. The number of carbonyl (C=O) groups excluding carboxylic acids is 1. The Morgan fingerprint density at radius 3 is 2.52 bits per heavy atom. The fraction of sp³-hybridized carbons (Fsp3) is 0.458. The number of aryl methyl sites for hydroxylation is 1. The highest BCUT2D eigenvalue weighted by Crippen LogP contribution is 2.33. The van der Waals surface area contributed by atoms with E-state index in [4.69, 9.17) is 9.47 Å². The predicted octanol–water partition coefficient (Wildman–Crippen LogP) is 3.51. The van der Waals surface area contributed by atoms with Crippen LogP contribution >= 0.6 is 0 Å². The molecule has 1 amide bonds. The predicted molar refractivity (Wildman–Crippen MR) is 113 cm³/mol. The minimum atomic E-state index is 0.0510. The topological polar surface area (TPSA) is 42.0 Å². The van der Waals surface area contributed by atoms with Gasteiger partial charge in [0.1, 0.15) is 0 Å². The lowest BCUT2D eigenvalue weighted by Crippen LogP contribution is -2.56. The average Bonchev–Trinajstić information content (AvgIpc) is 3.06. The Kier molecular flexibility index (Phi) is 6.05. The smallest absolute Gasteiger partial charge is 0.240 e. The van der Waals surface area contributed by atoms with Crippen molar-refractivity contribution < 1.29 is 14.3 Å². The zero-order chi connectivity index (χ0) is 20.2. The maximum Gasteiger partial charge on any atom is 0.240 e. The van der Waals surface area contributed by atoms with E-state index in [1.54, 1.807) is 14.2 Å². The van der Waals surface area contributed by atoms with Crippen molar-refractivity contribution in [2.75, 3.05) is 27.3 Å². The summed E-state index contributed by atoms with van der Waals surface area (Å²) in [5.41, 5.74) is 2.50. The first-order chi connectivity index (χ1) is 14.2. The minimum absolute atomic E-state index is 0.0510. The van der Waals surface area contributed by atoms with Crippen molar-refractivity contribution in [3.05, 3.63) is 59.7 Å². The number of nitrogens with zero attached hydrogens (tertiary/aromatic N) is 2. The molecule has 4 rings (SSSR count). The largest absolute Gasteiger partial charge is 0.493 e. The lowest BCUT2D eigenvalue weighted by atomic mass is 10.1.